The van der Waals surface area contributed by atoms with Crippen molar-refractivity contribution in [3.05, 3.63) is 12.2 Å². The fraction of sp³-hybridized carbons (Fsp3) is 0.769. The number of carbonyl (C=O) groups is 1. The van der Waals surface area contributed by atoms with Gasteiger partial charge in [-0.3, -0.25) is 0 Å². The van der Waals surface area contributed by atoms with E-state index >= 15 is 0 Å². The molecule has 0 saturated heterocycles. The molecule has 2 nitrogen and oxygen atoms in total. The van der Waals surface area contributed by atoms with Gasteiger partial charge in [0, 0.05) is 11.5 Å². The smallest absolute Gasteiger partial charge is 0.331 e. The van der Waals surface area contributed by atoms with Crippen molar-refractivity contribution in [1.82, 2.24) is 0 Å². The maximum absolute atomic E-state index is 11.3. The van der Waals surface area contributed by atoms with E-state index in [1.165, 1.54) is 12.8 Å². The highest BCUT2D eigenvalue weighted by Gasteiger charge is 2.70. The van der Waals surface area contributed by atoms with Crippen molar-refractivity contribution in [2.45, 2.75) is 45.6 Å². The highest BCUT2D eigenvalue weighted by Crippen LogP contribution is 2.71. The van der Waals surface area contributed by atoms with Gasteiger partial charge in [0.2, 0.25) is 0 Å². The molecule has 0 aromatic heterocycles. The van der Waals surface area contributed by atoms with Crippen LogP contribution in [0, 0.1) is 16.7 Å². The fourth-order valence-electron chi connectivity index (χ4n) is 4.16. The van der Waals surface area contributed by atoms with Crippen LogP contribution in [0.2, 0.25) is 0 Å². The van der Waals surface area contributed by atoms with E-state index in [4.69, 9.17) is 4.74 Å². The van der Waals surface area contributed by atoms with Gasteiger partial charge >= 0.3 is 5.97 Å². The third-order valence-corrected chi connectivity index (χ3v) is 5.69. The lowest BCUT2D eigenvalue weighted by Crippen LogP contribution is -2.46. The summed E-state index contributed by atoms with van der Waals surface area (Å²) in [7, 11) is 0. The molecular formula is C13H18O2. The van der Waals surface area contributed by atoms with Crippen molar-refractivity contribution in [3.8, 4) is 0 Å². The Morgan fingerprint density at radius 2 is 2.13 bits per heavy atom. The predicted molar refractivity (Wildman–Crippen MR) is 57.2 cm³/mol. The van der Waals surface area contributed by atoms with Crippen molar-refractivity contribution < 1.29 is 9.53 Å². The summed E-state index contributed by atoms with van der Waals surface area (Å²) < 4.78 is 5.63. The van der Waals surface area contributed by atoms with E-state index in [-0.39, 0.29) is 17.0 Å². The Balaban J connectivity index is 2.10. The van der Waals surface area contributed by atoms with Gasteiger partial charge in [-0.05, 0) is 36.7 Å². The zero-order valence-corrected chi connectivity index (χ0v) is 9.67. The van der Waals surface area contributed by atoms with Gasteiger partial charge in [0.25, 0.3) is 0 Å². The highest BCUT2D eigenvalue weighted by atomic mass is 16.6. The molecule has 0 radical (unpaired) electrons. The second kappa shape index (κ2) is 2.31. The van der Waals surface area contributed by atoms with E-state index < -0.39 is 0 Å². The summed E-state index contributed by atoms with van der Waals surface area (Å²) in [5.74, 6) is 0.553. The normalized spacial score (nSPS) is 50.3. The quantitative estimate of drug-likeness (QED) is 0.570. The number of esters is 1. The zero-order valence-electron chi connectivity index (χ0n) is 9.67. The zero-order chi connectivity index (χ0) is 10.9. The minimum absolute atomic E-state index is 0.132. The van der Waals surface area contributed by atoms with E-state index in [9.17, 15) is 4.79 Å². The largest absolute Gasteiger partial charge is 0.451 e. The molecule has 0 amide bonds. The molecule has 1 heterocycles. The summed E-state index contributed by atoms with van der Waals surface area (Å²) >= 11 is 0. The Hall–Kier alpha value is -0.790. The van der Waals surface area contributed by atoms with Crippen LogP contribution in [0.25, 0.3) is 0 Å². The van der Waals surface area contributed by atoms with Crippen LogP contribution in [0.15, 0.2) is 12.2 Å². The Bertz CT molecular complexity index is 369. The Morgan fingerprint density at radius 1 is 1.40 bits per heavy atom. The molecule has 15 heavy (non-hydrogen) atoms. The van der Waals surface area contributed by atoms with E-state index in [1.807, 2.05) is 6.08 Å². The van der Waals surface area contributed by atoms with Crippen LogP contribution in [0.1, 0.15) is 40.0 Å². The monoisotopic (exact) mass is 206 g/mol. The van der Waals surface area contributed by atoms with Gasteiger partial charge in [0.1, 0.15) is 5.60 Å². The molecule has 3 aliphatic rings. The van der Waals surface area contributed by atoms with Gasteiger partial charge in [0.15, 0.2) is 0 Å². The summed E-state index contributed by atoms with van der Waals surface area (Å²) in [5.41, 5.74) is 0.145. The number of fused-ring (bicyclic) bond motifs is 3. The third-order valence-electron chi connectivity index (χ3n) is 5.69. The van der Waals surface area contributed by atoms with Crippen LogP contribution < -0.4 is 0 Å². The number of hydrogen-bond acceptors (Lipinski definition) is 2. The van der Waals surface area contributed by atoms with Gasteiger partial charge in [-0.15, -0.1) is 0 Å². The number of rotatable bonds is 0. The SMILES string of the molecule is CC1(C)C2CCC1(C)C1(C=CC(=O)O1)C2. The Kier molecular flexibility index (Phi) is 1.45. The minimum Gasteiger partial charge on any atom is -0.451 e. The fourth-order valence-corrected chi connectivity index (χ4v) is 4.16. The average Bonchev–Trinajstić information content (AvgIpc) is 2.66. The lowest BCUT2D eigenvalue weighted by Gasteiger charge is -2.44. The Labute approximate surface area is 90.7 Å². The standard InChI is InChI=1S/C13H18O2/c1-11(2)9-4-6-12(11,3)13(8-9)7-5-10(14)15-13/h5,7,9H,4,6,8H2,1-3H3. The van der Waals surface area contributed by atoms with Crippen molar-refractivity contribution in [2.24, 2.45) is 16.7 Å². The molecule has 2 bridgehead atoms. The summed E-state index contributed by atoms with van der Waals surface area (Å²) in [4.78, 5) is 11.3. The molecule has 0 aromatic rings. The summed E-state index contributed by atoms with van der Waals surface area (Å²) in [6.07, 6.45) is 7.13. The molecular weight excluding hydrogens is 188 g/mol. The first-order chi connectivity index (χ1) is 6.91. The van der Waals surface area contributed by atoms with Gasteiger partial charge in [-0.25, -0.2) is 4.79 Å². The number of carbonyl (C=O) groups excluding carboxylic acids is 1. The topological polar surface area (TPSA) is 26.3 Å². The van der Waals surface area contributed by atoms with Gasteiger partial charge in [-0.1, -0.05) is 20.8 Å². The van der Waals surface area contributed by atoms with E-state index in [0.717, 1.165) is 6.42 Å². The lowest BCUT2D eigenvalue weighted by molar-refractivity contribution is -0.157. The lowest BCUT2D eigenvalue weighted by atomic mass is 9.64. The second-order valence-corrected chi connectivity index (χ2v) is 6.14. The van der Waals surface area contributed by atoms with Crippen LogP contribution in [0.3, 0.4) is 0 Å². The summed E-state index contributed by atoms with van der Waals surface area (Å²) in [5, 5.41) is 0. The first kappa shape index (κ1) is 9.44. The number of ether oxygens (including phenoxy) is 1. The molecule has 3 rings (SSSR count). The van der Waals surface area contributed by atoms with Gasteiger partial charge < -0.3 is 4.74 Å². The van der Waals surface area contributed by atoms with Gasteiger partial charge in [-0.2, -0.15) is 0 Å². The molecule has 82 valence electrons. The summed E-state index contributed by atoms with van der Waals surface area (Å²) in [6.45, 7) is 6.96. The maximum Gasteiger partial charge on any atom is 0.331 e. The van der Waals surface area contributed by atoms with Crippen LogP contribution in [-0.2, 0) is 9.53 Å². The molecule has 2 heteroatoms. The molecule has 2 fully saturated rings. The van der Waals surface area contributed by atoms with E-state index in [2.05, 4.69) is 20.8 Å². The first-order valence-corrected chi connectivity index (χ1v) is 5.84. The van der Waals surface area contributed by atoms with Crippen LogP contribution in [0.4, 0.5) is 0 Å². The van der Waals surface area contributed by atoms with Gasteiger partial charge in [0.05, 0.1) is 0 Å². The van der Waals surface area contributed by atoms with Crippen molar-refractivity contribution in [1.29, 1.82) is 0 Å². The van der Waals surface area contributed by atoms with E-state index in [1.54, 1.807) is 6.08 Å². The number of hydrogen-bond donors (Lipinski definition) is 0. The van der Waals surface area contributed by atoms with Crippen LogP contribution in [0.5, 0.6) is 0 Å². The van der Waals surface area contributed by atoms with Crippen LogP contribution in [-0.4, -0.2) is 11.6 Å². The highest BCUT2D eigenvalue weighted by molar-refractivity contribution is 5.85. The van der Waals surface area contributed by atoms with E-state index in [0.29, 0.717) is 11.3 Å². The molecule has 0 aromatic carbocycles. The third kappa shape index (κ3) is 0.812. The molecule has 2 saturated carbocycles. The second-order valence-electron chi connectivity index (χ2n) is 6.14. The maximum atomic E-state index is 11.3. The summed E-state index contributed by atoms with van der Waals surface area (Å²) in [6, 6.07) is 0. The minimum atomic E-state index is -0.281. The average molecular weight is 206 g/mol. The van der Waals surface area contributed by atoms with Crippen LogP contribution >= 0.6 is 0 Å². The first-order valence-electron chi connectivity index (χ1n) is 5.84. The molecule has 2 aliphatic carbocycles. The molecule has 3 atom stereocenters. The van der Waals surface area contributed by atoms with Crippen molar-refractivity contribution >= 4 is 5.97 Å². The molecule has 1 spiro atoms. The predicted octanol–water partition coefficient (Wildman–Crippen LogP) is 2.68. The molecule has 0 N–H and O–H groups in total. The molecule has 3 unspecified atom stereocenters. The van der Waals surface area contributed by atoms with Crippen molar-refractivity contribution in [3.63, 3.8) is 0 Å². The Morgan fingerprint density at radius 3 is 2.53 bits per heavy atom. The molecule has 1 aliphatic heterocycles. The van der Waals surface area contributed by atoms with Crippen molar-refractivity contribution in [2.75, 3.05) is 0 Å².